The van der Waals surface area contributed by atoms with Crippen LogP contribution in [0.25, 0.3) is 0 Å². The van der Waals surface area contributed by atoms with Gasteiger partial charge < -0.3 is 10.4 Å². The van der Waals surface area contributed by atoms with Crippen molar-refractivity contribution in [2.75, 3.05) is 6.61 Å². The van der Waals surface area contributed by atoms with E-state index in [2.05, 4.69) is 5.32 Å². The van der Waals surface area contributed by atoms with E-state index in [9.17, 15) is 18.0 Å². The van der Waals surface area contributed by atoms with Gasteiger partial charge in [-0.15, -0.1) is 0 Å². The van der Waals surface area contributed by atoms with Crippen molar-refractivity contribution in [3.8, 4) is 0 Å². The number of rotatable bonds is 6. The maximum atomic E-state index is 12.6. The molecule has 0 aliphatic carbocycles. The number of benzene rings is 1. The van der Waals surface area contributed by atoms with Crippen LogP contribution in [0.15, 0.2) is 24.3 Å². The van der Waals surface area contributed by atoms with Gasteiger partial charge in [0.25, 0.3) is 0 Å². The highest BCUT2D eigenvalue weighted by Crippen LogP contribution is 2.29. The molecule has 0 saturated heterocycles. The molecular formula is C15H20F3NO2. The van der Waals surface area contributed by atoms with Crippen LogP contribution in [-0.4, -0.2) is 23.7 Å². The van der Waals surface area contributed by atoms with Gasteiger partial charge in [0.15, 0.2) is 0 Å². The minimum atomic E-state index is -4.41. The van der Waals surface area contributed by atoms with Crippen molar-refractivity contribution < 1.29 is 23.1 Å². The Morgan fingerprint density at radius 2 is 2.00 bits per heavy atom. The average molecular weight is 303 g/mol. The second-order valence-electron chi connectivity index (χ2n) is 5.31. The van der Waals surface area contributed by atoms with Crippen LogP contribution in [0, 0.1) is 5.92 Å². The third kappa shape index (κ3) is 5.75. The van der Waals surface area contributed by atoms with E-state index in [4.69, 9.17) is 5.11 Å². The van der Waals surface area contributed by atoms with Crippen LogP contribution in [-0.2, 0) is 17.4 Å². The number of carbonyl (C=O) groups excluding carboxylic acids is 1. The molecule has 0 aliphatic rings. The Labute approximate surface area is 122 Å². The predicted octanol–water partition coefficient (Wildman–Crippen LogP) is 2.77. The summed E-state index contributed by atoms with van der Waals surface area (Å²) in [4.78, 5) is 11.9. The second-order valence-corrected chi connectivity index (χ2v) is 5.31. The Bertz CT molecular complexity index is 472. The highest BCUT2D eigenvalue weighted by molar-refractivity contribution is 5.78. The Kier molecular flexibility index (Phi) is 6.20. The van der Waals surface area contributed by atoms with Gasteiger partial charge in [-0.2, -0.15) is 13.2 Å². The van der Waals surface area contributed by atoms with Crippen molar-refractivity contribution in [1.82, 2.24) is 5.32 Å². The monoisotopic (exact) mass is 303 g/mol. The third-order valence-corrected chi connectivity index (χ3v) is 3.21. The lowest BCUT2D eigenvalue weighted by atomic mass is 10.0. The molecule has 1 aromatic carbocycles. The first kappa shape index (κ1) is 17.5. The summed E-state index contributed by atoms with van der Waals surface area (Å²) in [7, 11) is 0. The molecule has 1 atom stereocenters. The van der Waals surface area contributed by atoms with Crippen LogP contribution >= 0.6 is 0 Å². The van der Waals surface area contributed by atoms with Crippen molar-refractivity contribution in [2.24, 2.45) is 5.92 Å². The summed E-state index contributed by atoms with van der Waals surface area (Å²) in [6.45, 7) is 3.77. The molecule has 118 valence electrons. The molecule has 0 bridgehead atoms. The fourth-order valence-electron chi connectivity index (χ4n) is 2.01. The molecule has 0 saturated carbocycles. The first-order valence-corrected chi connectivity index (χ1v) is 6.80. The molecule has 1 amide bonds. The minimum absolute atomic E-state index is 0.0489. The number of aliphatic hydroxyl groups is 1. The summed E-state index contributed by atoms with van der Waals surface area (Å²) in [5.74, 6) is -0.205. The van der Waals surface area contributed by atoms with Gasteiger partial charge in [0, 0.05) is 12.6 Å². The van der Waals surface area contributed by atoms with Crippen LogP contribution in [0.2, 0.25) is 0 Å². The van der Waals surface area contributed by atoms with E-state index in [0.717, 1.165) is 12.1 Å². The van der Waals surface area contributed by atoms with Crippen LogP contribution in [0.4, 0.5) is 13.2 Å². The largest absolute Gasteiger partial charge is 0.416 e. The topological polar surface area (TPSA) is 49.3 Å². The standard InChI is InChI=1S/C15H20F3NO2/c1-10(2)13(6-7-20)19-14(21)9-11-4-3-5-12(8-11)15(16,17)18/h3-5,8,10,13,20H,6-7,9H2,1-2H3,(H,19,21). The lowest BCUT2D eigenvalue weighted by Crippen LogP contribution is -2.40. The Morgan fingerprint density at radius 3 is 2.52 bits per heavy atom. The highest BCUT2D eigenvalue weighted by Gasteiger charge is 2.30. The summed E-state index contributed by atoms with van der Waals surface area (Å²) in [6, 6.07) is 4.55. The van der Waals surface area contributed by atoms with Gasteiger partial charge in [-0.25, -0.2) is 0 Å². The van der Waals surface area contributed by atoms with Crippen molar-refractivity contribution in [2.45, 2.75) is 38.9 Å². The lowest BCUT2D eigenvalue weighted by Gasteiger charge is -2.21. The molecule has 3 nitrogen and oxygen atoms in total. The minimum Gasteiger partial charge on any atom is -0.396 e. The van der Waals surface area contributed by atoms with Gasteiger partial charge in [0.2, 0.25) is 5.91 Å². The molecule has 0 spiro atoms. The van der Waals surface area contributed by atoms with E-state index in [1.165, 1.54) is 12.1 Å². The van der Waals surface area contributed by atoms with E-state index in [0.29, 0.717) is 12.0 Å². The van der Waals surface area contributed by atoms with Gasteiger partial charge >= 0.3 is 6.18 Å². The van der Waals surface area contributed by atoms with Crippen LogP contribution in [0.3, 0.4) is 0 Å². The molecule has 6 heteroatoms. The molecule has 0 heterocycles. The molecular weight excluding hydrogens is 283 g/mol. The fraction of sp³-hybridized carbons (Fsp3) is 0.533. The molecule has 1 unspecified atom stereocenters. The number of amides is 1. The summed E-state index contributed by atoms with van der Waals surface area (Å²) in [5.41, 5.74) is -0.447. The van der Waals surface area contributed by atoms with Gasteiger partial charge in [-0.3, -0.25) is 4.79 Å². The SMILES string of the molecule is CC(C)C(CCO)NC(=O)Cc1cccc(C(F)(F)F)c1. The second kappa shape index (κ2) is 7.45. The van der Waals surface area contributed by atoms with E-state index < -0.39 is 11.7 Å². The maximum Gasteiger partial charge on any atom is 0.416 e. The lowest BCUT2D eigenvalue weighted by molar-refractivity contribution is -0.137. The fourth-order valence-corrected chi connectivity index (χ4v) is 2.01. The number of nitrogens with one attached hydrogen (secondary N) is 1. The molecule has 0 aromatic heterocycles. The first-order chi connectivity index (χ1) is 9.74. The van der Waals surface area contributed by atoms with Gasteiger partial charge in [-0.1, -0.05) is 32.0 Å². The predicted molar refractivity (Wildman–Crippen MR) is 73.6 cm³/mol. The zero-order valence-corrected chi connectivity index (χ0v) is 12.1. The Morgan fingerprint density at radius 1 is 1.33 bits per heavy atom. The number of halogens is 3. The number of aliphatic hydroxyl groups excluding tert-OH is 1. The molecule has 21 heavy (non-hydrogen) atoms. The van der Waals surface area contributed by atoms with Crippen molar-refractivity contribution >= 4 is 5.91 Å². The van der Waals surface area contributed by atoms with Crippen molar-refractivity contribution in [3.63, 3.8) is 0 Å². The number of hydrogen-bond donors (Lipinski definition) is 2. The van der Waals surface area contributed by atoms with E-state index >= 15 is 0 Å². The average Bonchev–Trinajstić information content (AvgIpc) is 2.37. The highest BCUT2D eigenvalue weighted by atomic mass is 19.4. The van der Waals surface area contributed by atoms with E-state index in [1.54, 1.807) is 0 Å². The Hall–Kier alpha value is -1.56. The first-order valence-electron chi connectivity index (χ1n) is 6.80. The van der Waals surface area contributed by atoms with Crippen molar-refractivity contribution in [3.05, 3.63) is 35.4 Å². The smallest absolute Gasteiger partial charge is 0.396 e. The molecule has 1 rings (SSSR count). The van der Waals surface area contributed by atoms with Crippen LogP contribution in [0.5, 0.6) is 0 Å². The summed E-state index contributed by atoms with van der Waals surface area (Å²) in [6.07, 6.45) is -4.10. The van der Waals surface area contributed by atoms with E-state index in [1.807, 2.05) is 13.8 Å². The van der Waals surface area contributed by atoms with Crippen LogP contribution < -0.4 is 5.32 Å². The number of alkyl halides is 3. The van der Waals surface area contributed by atoms with E-state index in [-0.39, 0.29) is 30.9 Å². The van der Waals surface area contributed by atoms with Gasteiger partial charge in [0.1, 0.15) is 0 Å². The van der Waals surface area contributed by atoms with Crippen LogP contribution in [0.1, 0.15) is 31.4 Å². The molecule has 1 aromatic rings. The van der Waals surface area contributed by atoms with Crippen molar-refractivity contribution in [1.29, 1.82) is 0 Å². The molecule has 0 aliphatic heterocycles. The molecule has 0 fully saturated rings. The third-order valence-electron chi connectivity index (χ3n) is 3.21. The van der Waals surface area contributed by atoms with Gasteiger partial charge in [0.05, 0.1) is 12.0 Å². The normalized spacial score (nSPS) is 13.3. The zero-order chi connectivity index (χ0) is 16.0. The quantitative estimate of drug-likeness (QED) is 0.849. The van der Waals surface area contributed by atoms with Gasteiger partial charge in [-0.05, 0) is 24.0 Å². The summed E-state index contributed by atoms with van der Waals surface area (Å²) in [5, 5.41) is 11.7. The number of carbonyl (C=O) groups is 1. The Balaban J connectivity index is 2.70. The summed E-state index contributed by atoms with van der Waals surface area (Å²) >= 11 is 0. The maximum absolute atomic E-state index is 12.6. The zero-order valence-electron chi connectivity index (χ0n) is 12.1. The summed E-state index contributed by atoms with van der Waals surface area (Å²) < 4.78 is 37.8. The number of hydrogen-bond acceptors (Lipinski definition) is 2. The molecule has 0 radical (unpaired) electrons. The molecule has 2 N–H and O–H groups in total.